The van der Waals surface area contributed by atoms with Crippen molar-refractivity contribution in [2.45, 2.75) is 57.5 Å². The predicted molar refractivity (Wildman–Crippen MR) is 131 cm³/mol. The van der Waals surface area contributed by atoms with Gasteiger partial charge >= 0.3 is 0 Å². The summed E-state index contributed by atoms with van der Waals surface area (Å²) in [6, 6.07) is 19.0. The maximum Gasteiger partial charge on any atom is 0.230 e. The van der Waals surface area contributed by atoms with Crippen molar-refractivity contribution in [3.05, 3.63) is 65.7 Å². The van der Waals surface area contributed by atoms with Gasteiger partial charge < -0.3 is 10.2 Å². The zero-order valence-corrected chi connectivity index (χ0v) is 19.4. The number of carbonyl (C=O) groups is 2. The van der Waals surface area contributed by atoms with E-state index >= 15 is 0 Å². The SMILES string of the molecule is O=C(NC1CCN(Cc2ccccc2)CC1)[C@H]1CCCC[C@@H]1C(=O)N1CCc2ccccc21. The predicted octanol–water partition coefficient (Wildman–Crippen LogP) is 4.16. The van der Waals surface area contributed by atoms with Crippen molar-refractivity contribution in [1.82, 2.24) is 10.2 Å². The first-order valence-corrected chi connectivity index (χ1v) is 12.6. The molecule has 5 nitrogen and oxygen atoms in total. The van der Waals surface area contributed by atoms with Gasteiger partial charge in [-0.1, -0.05) is 61.4 Å². The number of fused-ring (bicyclic) bond motifs is 1. The zero-order chi connectivity index (χ0) is 22.6. The van der Waals surface area contributed by atoms with Crippen molar-refractivity contribution < 1.29 is 9.59 Å². The third-order valence-corrected chi connectivity index (χ3v) is 7.76. The Hall–Kier alpha value is -2.66. The lowest BCUT2D eigenvalue weighted by atomic mass is 9.77. The van der Waals surface area contributed by atoms with Crippen LogP contribution in [0.1, 0.15) is 49.7 Å². The molecule has 0 spiro atoms. The molecule has 3 aliphatic rings. The summed E-state index contributed by atoms with van der Waals surface area (Å²) in [7, 11) is 0. The Morgan fingerprint density at radius 2 is 1.52 bits per heavy atom. The van der Waals surface area contributed by atoms with E-state index < -0.39 is 0 Å². The second-order valence-corrected chi connectivity index (χ2v) is 9.91. The number of rotatable bonds is 5. The lowest BCUT2D eigenvalue weighted by molar-refractivity contribution is -0.135. The molecule has 0 aromatic heterocycles. The molecule has 5 rings (SSSR count). The molecule has 0 unspecified atom stereocenters. The molecule has 0 radical (unpaired) electrons. The average molecular weight is 446 g/mol. The number of para-hydroxylation sites is 1. The Labute approximate surface area is 197 Å². The Morgan fingerprint density at radius 1 is 0.818 bits per heavy atom. The van der Waals surface area contributed by atoms with Crippen LogP contribution >= 0.6 is 0 Å². The minimum absolute atomic E-state index is 0.0991. The van der Waals surface area contributed by atoms with Crippen LogP contribution in [0.4, 0.5) is 5.69 Å². The third-order valence-electron chi connectivity index (χ3n) is 7.76. The Bertz CT molecular complexity index is 968. The molecule has 1 aliphatic carbocycles. The maximum atomic E-state index is 13.5. The number of piperidine rings is 1. The number of nitrogens with one attached hydrogen (secondary N) is 1. The third kappa shape index (κ3) is 4.98. The molecule has 5 heteroatoms. The van der Waals surface area contributed by atoms with Crippen LogP contribution in [0.2, 0.25) is 0 Å². The zero-order valence-electron chi connectivity index (χ0n) is 19.4. The number of hydrogen-bond donors (Lipinski definition) is 1. The smallest absolute Gasteiger partial charge is 0.230 e. The normalized spacial score (nSPS) is 23.8. The first kappa shape index (κ1) is 22.1. The summed E-state index contributed by atoms with van der Waals surface area (Å²) in [5, 5.41) is 3.33. The highest BCUT2D eigenvalue weighted by atomic mass is 16.2. The topological polar surface area (TPSA) is 52.7 Å². The van der Waals surface area contributed by atoms with Crippen molar-refractivity contribution in [3.8, 4) is 0 Å². The van der Waals surface area contributed by atoms with E-state index in [1.54, 1.807) is 0 Å². The summed E-state index contributed by atoms with van der Waals surface area (Å²) in [4.78, 5) is 31.3. The van der Waals surface area contributed by atoms with Crippen molar-refractivity contribution in [1.29, 1.82) is 0 Å². The molecule has 2 fully saturated rings. The molecule has 2 atom stereocenters. The monoisotopic (exact) mass is 445 g/mol. The van der Waals surface area contributed by atoms with Gasteiger partial charge in [0.05, 0.1) is 5.92 Å². The second kappa shape index (κ2) is 10.1. The van der Waals surface area contributed by atoms with Gasteiger partial charge in [0.2, 0.25) is 11.8 Å². The Kier molecular flexibility index (Phi) is 6.77. The molecule has 2 amide bonds. The molecule has 1 saturated heterocycles. The number of likely N-dealkylation sites (tertiary alicyclic amines) is 1. The molecular weight excluding hydrogens is 410 g/mol. The van der Waals surface area contributed by atoms with E-state index in [-0.39, 0.29) is 29.7 Å². The van der Waals surface area contributed by atoms with Gasteiger partial charge in [-0.3, -0.25) is 14.5 Å². The van der Waals surface area contributed by atoms with E-state index in [4.69, 9.17) is 0 Å². The highest BCUT2D eigenvalue weighted by Crippen LogP contribution is 2.36. The molecule has 174 valence electrons. The van der Waals surface area contributed by atoms with Crippen molar-refractivity contribution in [3.63, 3.8) is 0 Å². The van der Waals surface area contributed by atoms with Gasteiger partial charge in [0, 0.05) is 43.8 Å². The van der Waals surface area contributed by atoms with Crippen LogP contribution < -0.4 is 10.2 Å². The molecular formula is C28H35N3O2. The standard InChI is InChI=1S/C28H35N3O2/c32-27(29-23-15-17-30(18-16-23)20-21-8-2-1-3-9-21)24-11-5-6-12-25(24)28(33)31-19-14-22-10-4-7-13-26(22)31/h1-4,7-10,13,23-25H,5-6,11-12,14-20H2,(H,29,32)/t24-,25-/m0/s1. The number of hydrogen-bond acceptors (Lipinski definition) is 3. The molecule has 2 aromatic carbocycles. The van der Waals surface area contributed by atoms with Gasteiger partial charge in [0.25, 0.3) is 0 Å². The molecule has 2 aliphatic heterocycles. The van der Waals surface area contributed by atoms with Crippen LogP contribution in [0.15, 0.2) is 54.6 Å². The minimum atomic E-state index is -0.193. The maximum absolute atomic E-state index is 13.5. The molecule has 2 heterocycles. The average Bonchev–Trinajstić information content (AvgIpc) is 3.30. The highest BCUT2D eigenvalue weighted by molar-refractivity contribution is 5.99. The van der Waals surface area contributed by atoms with Crippen molar-refractivity contribution >= 4 is 17.5 Å². The summed E-state index contributed by atoms with van der Waals surface area (Å²) < 4.78 is 0. The largest absolute Gasteiger partial charge is 0.353 e. The van der Waals surface area contributed by atoms with Crippen LogP contribution in [0.25, 0.3) is 0 Å². The lowest BCUT2D eigenvalue weighted by Gasteiger charge is -2.36. The van der Waals surface area contributed by atoms with Gasteiger partial charge in [-0.2, -0.15) is 0 Å². The summed E-state index contributed by atoms with van der Waals surface area (Å²) >= 11 is 0. The number of anilines is 1. The first-order chi connectivity index (χ1) is 16.2. The molecule has 2 aromatic rings. The van der Waals surface area contributed by atoms with Crippen LogP contribution in [-0.2, 0) is 22.6 Å². The Balaban J connectivity index is 1.17. The van der Waals surface area contributed by atoms with Gasteiger partial charge in [-0.05, 0) is 49.3 Å². The van der Waals surface area contributed by atoms with Gasteiger partial charge in [0.15, 0.2) is 0 Å². The molecule has 33 heavy (non-hydrogen) atoms. The highest BCUT2D eigenvalue weighted by Gasteiger charge is 2.40. The van der Waals surface area contributed by atoms with E-state index in [0.29, 0.717) is 0 Å². The number of amides is 2. The minimum Gasteiger partial charge on any atom is -0.353 e. The van der Waals surface area contributed by atoms with Crippen LogP contribution in [0.5, 0.6) is 0 Å². The first-order valence-electron chi connectivity index (χ1n) is 12.6. The van der Waals surface area contributed by atoms with E-state index in [9.17, 15) is 9.59 Å². The van der Waals surface area contributed by atoms with Gasteiger partial charge in [-0.15, -0.1) is 0 Å². The van der Waals surface area contributed by atoms with Gasteiger partial charge in [-0.25, -0.2) is 0 Å². The molecule has 1 N–H and O–H groups in total. The van der Waals surface area contributed by atoms with Crippen LogP contribution in [-0.4, -0.2) is 42.4 Å². The van der Waals surface area contributed by atoms with E-state index in [0.717, 1.165) is 76.8 Å². The molecule has 1 saturated carbocycles. The summed E-state index contributed by atoms with van der Waals surface area (Å²) in [6.07, 6.45) is 6.58. The van der Waals surface area contributed by atoms with E-state index in [1.807, 2.05) is 23.1 Å². The van der Waals surface area contributed by atoms with Crippen LogP contribution in [0.3, 0.4) is 0 Å². The molecule has 0 bridgehead atoms. The summed E-state index contributed by atoms with van der Waals surface area (Å²) in [5.74, 6) is -0.135. The van der Waals surface area contributed by atoms with E-state index in [2.05, 4.69) is 46.6 Å². The fourth-order valence-corrected chi connectivity index (χ4v) is 5.89. The fraction of sp³-hybridized carbons (Fsp3) is 0.500. The van der Waals surface area contributed by atoms with Crippen LogP contribution in [0, 0.1) is 11.8 Å². The second-order valence-electron chi connectivity index (χ2n) is 9.91. The quantitative estimate of drug-likeness (QED) is 0.752. The van der Waals surface area contributed by atoms with Crippen molar-refractivity contribution in [2.75, 3.05) is 24.5 Å². The van der Waals surface area contributed by atoms with Crippen molar-refractivity contribution in [2.24, 2.45) is 11.8 Å². The lowest BCUT2D eigenvalue weighted by Crippen LogP contribution is -2.50. The fourth-order valence-electron chi connectivity index (χ4n) is 5.89. The number of carbonyl (C=O) groups excluding carboxylic acids is 2. The summed E-state index contributed by atoms with van der Waals surface area (Å²) in [6.45, 7) is 3.70. The Morgan fingerprint density at radius 3 is 2.30 bits per heavy atom. The van der Waals surface area contributed by atoms with E-state index in [1.165, 1.54) is 11.1 Å². The number of benzene rings is 2. The van der Waals surface area contributed by atoms with Gasteiger partial charge in [0.1, 0.15) is 0 Å². The number of nitrogens with zero attached hydrogens (tertiary/aromatic N) is 2. The summed E-state index contributed by atoms with van der Waals surface area (Å²) in [5.41, 5.74) is 3.62.